The smallest absolute Gasteiger partial charge is 0.154 e. The van der Waals surface area contributed by atoms with Crippen molar-refractivity contribution in [2.45, 2.75) is 12.1 Å². The van der Waals surface area contributed by atoms with Crippen LogP contribution in [-0.2, 0) is 0 Å². The second kappa shape index (κ2) is 3.60. The minimum absolute atomic E-state index is 0.318. The van der Waals surface area contributed by atoms with Gasteiger partial charge >= 0.3 is 0 Å². The van der Waals surface area contributed by atoms with Crippen molar-refractivity contribution in [3.05, 3.63) is 24.2 Å². The molecule has 1 fully saturated rings. The number of nitrogens with zero attached hydrogens (tertiary/aromatic N) is 1. The van der Waals surface area contributed by atoms with Crippen LogP contribution in [0.15, 0.2) is 22.8 Å². The Bertz CT molecular complexity index is 297. The van der Waals surface area contributed by atoms with E-state index in [-0.39, 0.29) is 6.04 Å². The van der Waals surface area contributed by atoms with Crippen molar-refractivity contribution in [2.75, 3.05) is 13.1 Å². The van der Waals surface area contributed by atoms with E-state index in [2.05, 4.69) is 16.7 Å². The molecule has 13 heavy (non-hydrogen) atoms. The molecule has 0 radical (unpaired) electrons. The van der Waals surface area contributed by atoms with Crippen LogP contribution < -0.4 is 10.6 Å². The second-order valence-electron chi connectivity index (χ2n) is 3.10. The van der Waals surface area contributed by atoms with Crippen LogP contribution >= 0.6 is 0 Å². The summed E-state index contributed by atoms with van der Waals surface area (Å²) < 4.78 is 5.15. The maximum absolute atomic E-state index is 8.87. The van der Waals surface area contributed by atoms with Crippen molar-refractivity contribution >= 4 is 0 Å². The quantitative estimate of drug-likeness (QED) is 0.701. The Morgan fingerprint density at radius 1 is 1.69 bits per heavy atom. The van der Waals surface area contributed by atoms with Gasteiger partial charge in [-0.3, -0.25) is 5.32 Å². The number of hydrogen-bond donors (Lipinski definition) is 2. The lowest BCUT2D eigenvalue weighted by molar-refractivity contribution is 0.332. The molecule has 0 aliphatic carbocycles. The van der Waals surface area contributed by atoms with E-state index in [1.165, 1.54) is 0 Å². The summed E-state index contributed by atoms with van der Waals surface area (Å²) in [5.74, 6) is 0.689. The van der Waals surface area contributed by atoms with E-state index in [1.807, 2.05) is 6.07 Å². The van der Waals surface area contributed by atoms with Crippen molar-refractivity contribution < 1.29 is 4.42 Å². The molecule has 1 aliphatic heterocycles. The van der Waals surface area contributed by atoms with Gasteiger partial charge < -0.3 is 9.73 Å². The average molecular weight is 177 g/mol. The first-order chi connectivity index (χ1) is 6.40. The average Bonchev–Trinajstić information content (AvgIpc) is 2.55. The molecular weight excluding hydrogens is 166 g/mol. The summed E-state index contributed by atoms with van der Waals surface area (Å²) in [5, 5.41) is 15.2. The van der Waals surface area contributed by atoms with E-state index in [1.54, 1.807) is 12.3 Å². The summed E-state index contributed by atoms with van der Waals surface area (Å²) in [4.78, 5) is 0. The topological polar surface area (TPSA) is 61.0 Å². The highest BCUT2D eigenvalue weighted by molar-refractivity contribution is 5.13. The Morgan fingerprint density at radius 3 is 3.00 bits per heavy atom. The summed E-state index contributed by atoms with van der Waals surface area (Å²) in [5.41, 5.74) is 0. The van der Waals surface area contributed by atoms with Gasteiger partial charge in [0, 0.05) is 19.1 Å². The molecule has 0 amide bonds. The molecule has 68 valence electrons. The summed E-state index contributed by atoms with van der Waals surface area (Å²) in [6.45, 7) is 1.86. The fourth-order valence-electron chi connectivity index (χ4n) is 1.28. The van der Waals surface area contributed by atoms with Crippen LogP contribution in [-0.4, -0.2) is 19.1 Å². The highest BCUT2D eigenvalue weighted by Gasteiger charge is 2.22. The lowest BCUT2D eigenvalue weighted by Gasteiger charge is -2.29. The van der Waals surface area contributed by atoms with Crippen LogP contribution in [0.1, 0.15) is 11.8 Å². The van der Waals surface area contributed by atoms with Crippen LogP contribution in [0, 0.1) is 11.3 Å². The van der Waals surface area contributed by atoms with Gasteiger partial charge in [-0.1, -0.05) is 0 Å². The van der Waals surface area contributed by atoms with Gasteiger partial charge in [0.05, 0.1) is 12.3 Å². The van der Waals surface area contributed by atoms with Crippen LogP contribution in [0.3, 0.4) is 0 Å². The van der Waals surface area contributed by atoms with Gasteiger partial charge in [0.2, 0.25) is 0 Å². The number of nitrogens with one attached hydrogen (secondary N) is 2. The lowest BCUT2D eigenvalue weighted by Crippen LogP contribution is -2.55. The molecule has 1 atom stereocenters. The predicted molar refractivity (Wildman–Crippen MR) is 46.9 cm³/mol. The first kappa shape index (κ1) is 8.30. The lowest BCUT2D eigenvalue weighted by atomic mass is 10.1. The Balaban J connectivity index is 1.98. The molecule has 2 heterocycles. The van der Waals surface area contributed by atoms with Gasteiger partial charge in [0.25, 0.3) is 0 Å². The fraction of sp³-hybridized carbons (Fsp3) is 0.444. The molecule has 0 saturated carbocycles. The van der Waals surface area contributed by atoms with Gasteiger partial charge in [-0.05, 0) is 12.1 Å². The minimum Gasteiger partial charge on any atom is -0.467 e. The SMILES string of the molecule is N#CC(NC1CNC1)c1ccco1. The summed E-state index contributed by atoms with van der Waals surface area (Å²) in [6.07, 6.45) is 1.58. The first-order valence-electron chi connectivity index (χ1n) is 4.30. The van der Waals surface area contributed by atoms with Crippen molar-refractivity contribution in [2.24, 2.45) is 0 Å². The number of rotatable bonds is 3. The van der Waals surface area contributed by atoms with Gasteiger partial charge in [-0.15, -0.1) is 0 Å². The van der Waals surface area contributed by atoms with E-state index >= 15 is 0 Å². The van der Waals surface area contributed by atoms with Crippen LogP contribution in [0.5, 0.6) is 0 Å². The molecule has 4 heteroatoms. The van der Waals surface area contributed by atoms with E-state index in [4.69, 9.17) is 9.68 Å². The zero-order chi connectivity index (χ0) is 9.10. The third-order valence-electron chi connectivity index (χ3n) is 2.14. The van der Waals surface area contributed by atoms with E-state index < -0.39 is 0 Å². The largest absolute Gasteiger partial charge is 0.467 e. The van der Waals surface area contributed by atoms with Gasteiger partial charge in [-0.2, -0.15) is 5.26 Å². The molecule has 1 aromatic heterocycles. The number of furan rings is 1. The van der Waals surface area contributed by atoms with E-state index in [0.717, 1.165) is 13.1 Å². The molecule has 2 N–H and O–H groups in total. The maximum Gasteiger partial charge on any atom is 0.154 e. The molecule has 1 aliphatic rings. The Kier molecular flexibility index (Phi) is 2.30. The minimum atomic E-state index is -0.318. The van der Waals surface area contributed by atoms with Gasteiger partial charge in [0.15, 0.2) is 6.04 Å². The monoisotopic (exact) mass is 177 g/mol. The van der Waals surface area contributed by atoms with Crippen LogP contribution in [0.4, 0.5) is 0 Å². The van der Waals surface area contributed by atoms with Gasteiger partial charge in [0.1, 0.15) is 5.76 Å². The van der Waals surface area contributed by atoms with E-state index in [9.17, 15) is 0 Å². The summed E-state index contributed by atoms with van der Waals surface area (Å²) in [7, 11) is 0. The molecular formula is C9H11N3O. The molecule has 1 saturated heterocycles. The maximum atomic E-state index is 8.87. The standard InChI is InChI=1S/C9H11N3O/c10-4-8(9-2-1-3-13-9)12-7-5-11-6-7/h1-3,7-8,11-12H,5-6H2. The molecule has 0 aromatic carbocycles. The van der Waals surface area contributed by atoms with Crippen molar-refractivity contribution in [1.82, 2.24) is 10.6 Å². The highest BCUT2D eigenvalue weighted by Crippen LogP contribution is 2.13. The van der Waals surface area contributed by atoms with E-state index in [0.29, 0.717) is 11.8 Å². The molecule has 1 aromatic rings. The fourth-order valence-corrected chi connectivity index (χ4v) is 1.28. The van der Waals surface area contributed by atoms with Crippen LogP contribution in [0.25, 0.3) is 0 Å². The zero-order valence-electron chi connectivity index (χ0n) is 7.16. The molecule has 2 rings (SSSR count). The predicted octanol–water partition coefficient (Wildman–Crippen LogP) is 0.406. The Labute approximate surface area is 76.5 Å². The zero-order valence-corrected chi connectivity index (χ0v) is 7.16. The Hall–Kier alpha value is -1.31. The normalized spacial score (nSPS) is 19.0. The summed E-state index contributed by atoms with van der Waals surface area (Å²) in [6, 6.07) is 5.86. The van der Waals surface area contributed by atoms with Crippen LogP contribution in [0.2, 0.25) is 0 Å². The number of hydrogen-bond acceptors (Lipinski definition) is 4. The first-order valence-corrected chi connectivity index (χ1v) is 4.30. The van der Waals surface area contributed by atoms with Crippen molar-refractivity contribution in [3.63, 3.8) is 0 Å². The third-order valence-corrected chi connectivity index (χ3v) is 2.14. The molecule has 0 bridgehead atoms. The van der Waals surface area contributed by atoms with Crippen molar-refractivity contribution in [3.8, 4) is 6.07 Å². The Morgan fingerprint density at radius 2 is 2.54 bits per heavy atom. The third kappa shape index (κ3) is 1.72. The molecule has 4 nitrogen and oxygen atoms in total. The van der Waals surface area contributed by atoms with Gasteiger partial charge in [-0.25, -0.2) is 0 Å². The summed E-state index contributed by atoms with van der Waals surface area (Å²) >= 11 is 0. The second-order valence-corrected chi connectivity index (χ2v) is 3.10. The van der Waals surface area contributed by atoms with Crippen molar-refractivity contribution in [1.29, 1.82) is 5.26 Å². The number of nitriles is 1. The highest BCUT2D eigenvalue weighted by atomic mass is 16.3. The molecule has 0 spiro atoms. The molecule has 1 unspecified atom stereocenters.